The Hall–Kier alpha value is -1.95. The molecule has 128 valence electrons. The van der Waals surface area contributed by atoms with Gasteiger partial charge < -0.3 is 9.64 Å². The Bertz CT molecular complexity index is 704. The van der Waals surface area contributed by atoms with Crippen molar-refractivity contribution in [3.05, 3.63) is 29.3 Å². The van der Waals surface area contributed by atoms with Gasteiger partial charge in [-0.25, -0.2) is 4.98 Å². The number of benzene rings is 1. The van der Waals surface area contributed by atoms with Crippen molar-refractivity contribution in [3.8, 4) is 0 Å². The molecule has 0 unspecified atom stereocenters. The molecule has 1 aromatic carbocycles. The van der Waals surface area contributed by atoms with Crippen LogP contribution in [0.25, 0.3) is 10.2 Å². The molecule has 1 saturated carbocycles. The summed E-state index contributed by atoms with van der Waals surface area (Å²) in [4.78, 5) is 30.4. The van der Waals surface area contributed by atoms with Crippen LogP contribution in [0.1, 0.15) is 43.7 Å². The molecule has 0 bridgehead atoms. The molecule has 1 aromatic heterocycles. The van der Waals surface area contributed by atoms with Crippen molar-refractivity contribution in [1.82, 2.24) is 9.88 Å². The van der Waals surface area contributed by atoms with Gasteiger partial charge in [0.1, 0.15) is 5.01 Å². The van der Waals surface area contributed by atoms with E-state index in [0.717, 1.165) is 40.9 Å². The van der Waals surface area contributed by atoms with Crippen LogP contribution in [0, 0.1) is 5.92 Å². The Labute approximate surface area is 145 Å². The number of carbonyl (C=O) groups is 2. The summed E-state index contributed by atoms with van der Waals surface area (Å²) in [5, 5.41) is 0.883. The number of hydrogen-bond acceptors (Lipinski definition) is 5. The molecule has 24 heavy (non-hydrogen) atoms. The number of nitrogens with zero attached hydrogens (tertiary/aromatic N) is 2. The number of esters is 1. The van der Waals surface area contributed by atoms with Crippen molar-refractivity contribution in [1.29, 1.82) is 0 Å². The van der Waals surface area contributed by atoms with Crippen LogP contribution >= 0.6 is 11.3 Å². The minimum absolute atomic E-state index is 0.0233. The Kier molecular flexibility index (Phi) is 5.14. The zero-order valence-corrected chi connectivity index (χ0v) is 14.8. The monoisotopic (exact) mass is 346 g/mol. The lowest BCUT2D eigenvalue weighted by Gasteiger charge is -2.23. The SMILES string of the molecule is C[C@H](c1nc2ccccc2s1)N(C)C(=O)COC(=O)C1CCCC1. The van der Waals surface area contributed by atoms with Crippen LogP contribution in [0.2, 0.25) is 0 Å². The fraction of sp³-hybridized carbons (Fsp3) is 0.500. The van der Waals surface area contributed by atoms with Gasteiger partial charge in [-0.05, 0) is 31.9 Å². The van der Waals surface area contributed by atoms with Crippen LogP contribution in [0.5, 0.6) is 0 Å². The summed E-state index contributed by atoms with van der Waals surface area (Å²) in [7, 11) is 1.72. The van der Waals surface area contributed by atoms with Crippen LogP contribution in [0.3, 0.4) is 0 Å². The highest BCUT2D eigenvalue weighted by molar-refractivity contribution is 7.18. The molecular formula is C18H22N2O3S. The van der Waals surface area contributed by atoms with Crippen molar-refractivity contribution < 1.29 is 14.3 Å². The van der Waals surface area contributed by atoms with Gasteiger partial charge in [-0.15, -0.1) is 11.3 Å². The molecule has 1 atom stereocenters. The number of hydrogen-bond donors (Lipinski definition) is 0. The number of para-hydroxylation sites is 1. The summed E-state index contributed by atoms with van der Waals surface area (Å²) < 4.78 is 6.31. The van der Waals surface area contributed by atoms with Crippen LogP contribution in [0.4, 0.5) is 0 Å². The highest BCUT2D eigenvalue weighted by Crippen LogP contribution is 2.29. The third-order valence-corrected chi connectivity index (χ3v) is 5.88. The molecule has 5 nitrogen and oxygen atoms in total. The second kappa shape index (κ2) is 7.30. The summed E-state index contributed by atoms with van der Waals surface area (Å²) in [6.45, 7) is 1.75. The van der Waals surface area contributed by atoms with Crippen molar-refractivity contribution in [2.24, 2.45) is 5.92 Å². The van der Waals surface area contributed by atoms with E-state index in [4.69, 9.17) is 4.74 Å². The first-order valence-electron chi connectivity index (χ1n) is 8.34. The van der Waals surface area contributed by atoms with Crippen LogP contribution in [-0.2, 0) is 14.3 Å². The van der Waals surface area contributed by atoms with Crippen LogP contribution in [-0.4, -0.2) is 35.4 Å². The van der Waals surface area contributed by atoms with Gasteiger partial charge >= 0.3 is 5.97 Å². The average molecular weight is 346 g/mol. The summed E-state index contributed by atoms with van der Waals surface area (Å²) in [5.41, 5.74) is 0.942. The number of fused-ring (bicyclic) bond motifs is 1. The lowest BCUT2D eigenvalue weighted by atomic mass is 10.1. The number of rotatable bonds is 5. The van der Waals surface area contributed by atoms with Crippen molar-refractivity contribution in [2.75, 3.05) is 13.7 Å². The van der Waals surface area contributed by atoms with Gasteiger partial charge in [0.05, 0.1) is 22.2 Å². The zero-order valence-electron chi connectivity index (χ0n) is 14.0. The number of ether oxygens (including phenoxy) is 1. The smallest absolute Gasteiger partial charge is 0.309 e. The molecular weight excluding hydrogens is 324 g/mol. The molecule has 0 radical (unpaired) electrons. The molecule has 3 rings (SSSR count). The van der Waals surface area contributed by atoms with E-state index in [1.54, 1.807) is 23.3 Å². The van der Waals surface area contributed by atoms with Gasteiger partial charge in [0, 0.05) is 7.05 Å². The third kappa shape index (κ3) is 3.59. The second-order valence-electron chi connectivity index (χ2n) is 6.29. The van der Waals surface area contributed by atoms with Gasteiger partial charge in [0.15, 0.2) is 6.61 Å². The normalized spacial score (nSPS) is 16.2. The predicted octanol–water partition coefficient (Wildman–Crippen LogP) is 3.55. The van der Waals surface area contributed by atoms with Crippen molar-refractivity contribution in [2.45, 2.75) is 38.6 Å². The average Bonchev–Trinajstić information content (AvgIpc) is 3.26. The van der Waals surface area contributed by atoms with Gasteiger partial charge in [0.25, 0.3) is 5.91 Å². The van der Waals surface area contributed by atoms with Gasteiger partial charge in [0.2, 0.25) is 0 Å². The van der Waals surface area contributed by atoms with E-state index in [2.05, 4.69) is 4.98 Å². The van der Waals surface area contributed by atoms with Gasteiger partial charge in [-0.3, -0.25) is 9.59 Å². The highest BCUT2D eigenvalue weighted by atomic mass is 32.1. The lowest BCUT2D eigenvalue weighted by molar-refractivity contribution is -0.155. The minimum atomic E-state index is -0.234. The summed E-state index contributed by atoms with van der Waals surface area (Å²) in [6.07, 6.45) is 3.90. The maximum atomic E-state index is 12.3. The molecule has 0 N–H and O–H groups in total. The fourth-order valence-corrected chi connectivity index (χ4v) is 4.03. The molecule has 2 aromatic rings. The topological polar surface area (TPSA) is 59.5 Å². The maximum Gasteiger partial charge on any atom is 0.309 e. The number of likely N-dealkylation sites (N-methyl/N-ethyl adjacent to an activating group) is 1. The second-order valence-corrected chi connectivity index (χ2v) is 7.35. The van der Waals surface area contributed by atoms with Crippen LogP contribution in [0.15, 0.2) is 24.3 Å². The first-order valence-corrected chi connectivity index (χ1v) is 9.15. The molecule has 0 aliphatic heterocycles. The molecule has 0 saturated heterocycles. The molecule has 1 aliphatic carbocycles. The fourth-order valence-electron chi connectivity index (χ4n) is 2.96. The summed E-state index contributed by atoms with van der Waals surface area (Å²) in [6, 6.07) is 7.77. The Morgan fingerprint density at radius 1 is 1.33 bits per heavy atom. The molecule has 6 heteroatoms. The molecule has 1 fully saturated rings. The predicted molar refractivity (Wildman–Crippen MR) is 93.7 cm³/mol. The molecule has 0 spiro atoms. The third-order valence-electron chi connectivity index (χ3n) is 4.67. The minimum Gasteiger partial charge on any atom is -0.455 e. The van der Waals surface area contributed by atoms with E-state index >= 15 is 0 Å². The van der Waals surface area contributed by atoms with E-state index in [1.165, 1.54) is 0 Å². The standard InChI is InChI=1S/C18H22N2O3S/c1-12(17-19-14-9-5-6-10-15(14)24-17)20(2)16(21)11-23-18(22)13-7-3-4-8-13/h5-6,9-10,12-13H,3-4,7-8,11H2,1-2H3/t12-/m1/s1. The van der Waals surface area contributed by atoms with E-state index in [9.17, 15) is 9.59 Å². The largest absolute Gasteiger partial charge is 0.455 e. The summed E-state index contributed by atoms with van der Waals surface area (Å²) >= 11 is 1.58. The maximum absolute atomic E-state index is 12.3. The first kappa shape index (κ1) is 16.9. The van der Waals surface area contributed by atoms with E-state index < -0.39 is 0 Å². The van der Waals surface area contributed by atoms with E-state index in [1.807, 2.05) is 31.2 Å². The Morgan fingerprint density at radius 3 is 2.75 bits per heavy atom. The molecule has 1 amide bonds. The highest BCUT2D eigenvalue weighted by Gasteiger charge is 2.26. The molecule has 1 heterocycles. The number of carbonyl (C=O) groups excluding carboxylic acids is 2. The van der Waals surface area contributed by atoms with Gasteiger partial charge in [-0.2, -0.15) is 0 Å². The van der Waals surface area contributed by atoms with Crippen molar-refractivity contribution >= 4 is 33.4 Å². The Morgan fingerprint density at radius 2 is 2.04 bits per heavy atom. The van der Waals surface area contributed by atoms with E-state index in [-0.39, 0.29) is 30.4 Å². The lowest BCUT2D eigenvalue weighted by Crippen LogP contribution is -2.34. The summed E-state index contributed by atoms with van der Waals surface area (Å²) in [5.74, 6) is -0.459. The van der Waals surface area contributed by atoms with Crippen molar-refractivity contribution in [3.63, 3.8) is 0 Å². The number of aromatic nitrogens is 1. The number of thiazole rings is 1. The zero-order chi connectivity index (χ0) is 17.1. The number of amides is 1. The van der Waals surface area contributed by atoms with E-state index in [0.29, 0.717) is 0 Å². The Balaban J connectivity index is 1.58. The van der Waals surface area contributed by atoms with Gasteiger partial charge in [-0.1, -0.05) is 25.0 Å². The quantitative estimate of drug-likeness (QED) is 0.777. The molecule has 1 aliphatic rings. The first-order chi connectivity index (χ1) is 11.6. The van der Waals surface area contributed by atoms with Crippen LogP contribution < -0.4 is 0 Å².